The molecule has 1 fully saturated rings. The van der Waals surface area contributed by atoms with E-state index in [0.717, 1.165) is 64.0 Å². The van der Waals surface area contributed by atoms with Crippen LogP contribution in [0.1, 0.15) is 26.2 Å². The predicted octanol–water partition coefficient (Wildman–Crippen LogP) is 2.92. The predicted molar refractivity (Wildman–Crippen MR) is 106 cm³/mol. The number of nitrogens with one attached hydrogen (secondary N) is 2. The van der Waals surface area contributed by atoms with Gasteiger partial charge in [-0.05, 0) is 38.3 Å². The van der Waals surface area contributed by atoms with E-state index >= 15 is 0 Å². The molecule has 0 aromatic heterocycles. The van der Waals surface area contributed by atoms with Crippen LogP contribution in [-0.2, 0) is 9.47 Å². The molecular weight excluding hydrogens is 334 g/mol. The number of benzene rings is 1. The summed E-state index contributed by atoms with van der Waals surface area (Å²) in [4.78, 5) is 5.90. The highest BCUT2D eigenvalue weighted by atomic mass is 32.2. The van der Waals surface area contributed by atoms with Gasteiger partial charge in [-0.2, -0.15) is 0 Å². The molecule has 0 spiro atoms. The number of aliphatic imine (C=N–C) groups is 1. The van der Waals surface area contributed by atoms with Gasteiger partial charge in [-0.15, -0.1) is 11.8 Å². The summed E-state index contributed by atoms with van der Waals surface area (Å²) in [7, 11) is 0. The number of hydrogen-bond acceptors (Lipinski definition) is 4. The summed E-state index contributed by atoms with van der Waals surface area (Å²) in [5, 5.41) is 6.67. The lowest BCUT2D eigenvalue weighted by Crippen LogP contribution is -2.38. The molecule has 0 bridgehead atoms. The largest absolute Gasteiger partial charge is 0.379 e. The van der Waals surface area contributed by atoms with Gasteiger partial charge in [0.05, 0.1) is 12.7 Å². The maximum absolute atomic E-state index is 5.67. The van der Waals surface area contributed by atoms with Gasteiger partial charge in [0.1, 0.15) is 0 Å². The van der Waals surface area contributed by atoms with Gasteiger partial charge in [-0.3, -0.25) is 4.99 Å². The van der Waals surface area contributed by atoms with Crippen molar-refractivity contribution in [1.29, 1.82) is 0 Å². The molecule has 1 aliphatic heterocycles. The summed E-state index contributed by atoms with van der Waals surface area (Å²) >= 11 is 1.85. The van der Waals surface area contributed by atoms with Crippen LogP contribution in [-0.4, -0.2) is 57.3 Å². The highest BCUT2D eigenvalue weighted by Gasteiger charge is 2.14. The van der Waals surface area contributed by atoms with Crippen LogP contribution in [0.3, 0.4) is 0 Å². The molecule has 2 N–H and O–H groups in total. The van der Waals surface area contributed by atoms with Gasteiger partial charge in [0, 0.05) is 43.5 Å². The summed E-state index contributed by atoms with van der Waals surface area (Å²) in [6.07, 6.45) is 3.54. The van der Waals surface area contributed by atoms with Crippen LogP contribution in [0, 0.1) is 0 Å². The molecule has 140 valence electrons. The third-order valence-corrected chi connectivity index (χ3v) is 4.81. The van der Waals surface area contributed by atoms with Crippen molar-refractivity contribution >= 4 is 17.7 Å². The number of rotatable bonds is 11. The standard InChI is InChI=1S/C19H31N3O2S/c1-2-20-19(22-12-15-25-18-9-4-3-5-10-18)21-11-7-13-23-16-17-8-6-14-24-17/h3-5,9-10,17H,2,6-8,11-16H2,1H3,(H2,20,21,22). The van der Waals surface area contributed by atoms with Crippen LogP contribution >= 0.6 is 11.8 Å². The minimum Gasteiger partial charge on any atom is -0.379 e. The van der Waals surface area contributed by atoms with Crippen molar-refractivity contribution in [3.05, 3.63) is 30.3 Å². The minimum atomic E-state index is 0.310. The second kappa shape index (κ2) is 13.0. The number of ether oxygens (including phenoxy) is 2. The van der Waals surface area contributed by atoms with E-state index in [0.29, 0.717) is 6.10 Å². The Morgan fingerprint density at radius 3 is 2.96 bits per heavy atom. The normalized spacial score (nSPS) is 17.6. The average Bonchev–Trinajstić information content (AvgIpc) is 3.16. The maximum atomic E-state index is 5.67. The molecule has 1 unspecified atom stereocenters. The Morgan fingerprint density at radius 2 is 2.20 bits per heavy atom. The fraction of sp³-hybridized carbons (Fsp3) is 0.632. The van der Waals surface area contributed by atoms with Crippen molar-refractivity contribution in [2.75, 3.05) is 45.2 Å². The highest BCUT2D eigenvalue weighted by Crippen LogP contribution is 2.15. The van der Waals surface area contributed by atoms with Gasteiger partial charge in [-0.1, -0.05) is 18.2 Å². The molecule has 0 saturated carbocycles. The molecule has 1 saturated heterocycles. The van der Waals surface area contributed by atoms with Crippen molar-refractivity contribution < 1.29 is 9.47 Å². The number of hydrogen-bond donors (Lipinski definition) is 2. The number of guanidine groups is 1. The van der Waals surface area contributed by atoms with E-state index in [1.165, 1.54) is 11.3 Å². The molecule has 25 heavy (non-hydrogen) atoms. The molecule has 2 rings (SSSR count). The molecule has 1 aromatic carbocycles. The smallest absolute Gasteiger partial charge is 0.191 e. The van der Waals surface area contributed by atoms with Crippen LogP contribution < -0.4 is 10.6 Å². The Labute approximate surface area is 156 Å². The summed E-state index contributed by atoms with van der Waals surface area (Å²) < 4.78 is 11.2. The molecule has 0 amide bonds. The zero-order valence-electron chi connectivity index (χ0n) is 15.2. The lowest BCUT2D eigenvalue weighted by Gasteiger charge is -2.12. The fourth-order valence-electron chi connectivity index (χ4n) is 2.54. The van der Waals surface area contributed by atoms with E-state index in [4.69, 9.17) is 9.47 Å². The van der Waals surface area contributed by atoms with Crippen LogP contribution in [0.4, 0.5) is 0 Å². The molecule has 6 heteroatoms. The minimum absolute atomic E-state index is 0.310. The molecule has 1 atom stereocenters. The van der Waals surface area contributed by atoms with E-state index in [1.807, 2.05) is 17.8 Å². The Bertz CT molecular complexity index is 479. The van der Waals surface area contributed by atoms with Crippen LogP contribution in [0.15, 0.2) is 40.2 Å². The molecule has 5 nitrogen and oxygen atoms in total. The first kappa shape index (κ1) is 20.1. The first-order valence-electron chi connectivity index (χ1n) is 9.28. The quantitative estimate of drug-likeness (QED) is 0.273. The van der Waals surface area contributed by atoms with E-state index in [9.17, 15) is 0 Å². The number of thioether (sulfide) groups is 1. The van der Waals surface area contributed by atoms with Gasteiger partial charge < -0.3 is 20.1 Å². The first-order valence-corrected chi connectivity index (χ1v) is 10.3. The SMILES string of the molecule is CCNC(=NCCCOCC1CCCO1)NCCSc1ccccc1. The van der Waals surface area contributed by atoms with Gasteiger partial charge in [0.2, 0.25) is 0 Å². The monoisotopic (exact) mass is 365 g/mol. The van der Waals surface area contributed by atoms with Gasteiger partial charge in [0.15, 0.2) is 5.96 Å². The van der Waals surface area contributed by atoms with Crippen LogP contribution in [0.2, 0.25) is 0 Å². The van der Waals surface area contributed by atoms with Crippen molar-refractivity contribution in [2.45, 2.75) is 37.2 Å². The summed E-state index contributed by atoms with van der Waals surface area (Å²) in [5.74, 6) is 1.90. The van der Waals surface area contributed by atoms with Gasteiger partial charge in [-0.25, -0.2) is 0 Å². The van der Waals surface area contributed by atoms with E-state index in [1.54, 1.807) is 0 Å². The summed E-state index contributed by atoms with van der Waals surface area (Å²) in [6.45, 7) is 6.96. The van der Waals surface area contributed by atoms with Crippen LogP contribution in [0.25, 0.3) is 0 Å². The zero-order valence-corrected chi connectivity index (χ0v) is 16.0. The molecule has 0 aliphatic carbocycles. The zero-order chi connectivity index (χ0) is 17.6. The van der Waals surface area contributed by atoms with Gasteiger partial charge in [0.25, 0.3) is 0 Å². The maximum Gasteiger partial charge on any atom is 0.191 e. The van der Waals surface area contributed by atoms with E-state index in [2.05, 4.69) is 46.8 Å². The van der Waals surface area contributed by atoms with Crippen LogP contribution in [0.5, 0.6) is 0 Å². The molecule has 0 radical (unpaired) electrons. The lowest BCUT2D eigenvalue weighted by atomic mass is 10.2. The third kappa shape index (κ3) is 9.14. The highest BCUT2D eigenvalue weighted by molar-refractivity contribution is 7.99. The summed E-state index contributed by atoms with van der Waals surface area (Å²) in [5.41, 5.74) is 0. The Morgan fingerprint density at radius 1 is 1.32 bits per heavy atom. The van der Waals surface area contributed by atoms with E-state index in [-0.39, 0.29) is 0 Å². The molecule has 1 aromatic rings. The molecular formula is C19H31N3O2S. The third-order valence-electron chi connectivity index (χ3n) is 3.80. The average molecular weight is 366 g/mol. The lowest BCUT2D eigenvalue weighted by molar-refractivity contribution is 0.0171. The Balaban J connectivity index is 1.54. The first-order chi connectivity index (χ1) is 12.4. The van der Waals surface area contributed by atoms with E-state index < -0.39 is 0 Å². The van der Waals surface area contributed by atoms with Gasteiger partial charge >= 0.3 is 0 Å². The fourth-order valence-corrected chi connectivity index (χ4v) is 3.33. The Hall–Kier alpha value is -1.24. The van der Waals surface area contributed by atoms with Crippen molar-refractivity contribution in [2.24, 2.45) is 4.99 Å². The second-order valence-electron chi connectivity index (χ2n) is 5.91. The topological polar surface area (TPSA) is 54.9 Å². The number of nitrogens with zero attached hydrogens (tertiary/aromatic N) is 1. The van der Waals surface area contributed by atoms with Crippen molar-refractivity contribution in [1.82, 2.24) is 10.6 Å². The summed E-state index contributed by atoms with van der Waals surface area (Å²) in [6, 6.07) is 10.5. The van der Waals surface area contributed by atoms with Crippen molar-refractivity contribution in [3.63, 3.8) is 0 Å². The molecule has 1 aliphatic rings. The molecule has 1 heterocycles. The van der Waals surface area contributed by atoms with Crippen molar-refractivity contribution in [3.8, 4) is 0 Å². The second-order valence-corrected chi connectivity index (χ2v) is 7.08. The Kier molecular flexibility index (Phi) is 10.5.